The molecule has 4 heterocycles. The van der Waals surface area contributed by atoms with Gasteiger partial charge in [0.25, 0.3) is 5.56 Å². The summed E-state index contributed by atoms with van der Waals surface area (Å²) in [6.45, 7) is 4.95. The van der Waals surface area contributed by atoms with Crippen molar-refractivity contribution in [2.45, 2.75) is 26.8 Å². The van der Waals surface area contributed by atoms with Gasteiger partial charge in [0.2, 0.25) is 0 Å². The summed E-state index contributed by atoms with van der Waals surface area (Å²) in [5.74, 6) is -1.36. The van der Waals surface area contributed by atoms with Crippen LogP contribution in [0.2, 0.25) is 0 Å². The average Bonchev–Trinajstić information content (AvgIpc) is 3.38. The van der Waals surface area contributed by atoms with Crippen LogP contribution in [0.3, 0.4) is 0 Å². The third kappa shape index (κ3) is 4.53. The van der Waals surface area contributed by atoms with E-state index < -0.39 is 11.9 Å². The Bertz CT molecular complexity index is 1470. The fourth-order valence-electron chi connectivity index (χ4n) is 3.59. The minimum absolute atomic E-state index is 0.0135. The van der Waals surface area contributed by atoms with E-state index in [1.165, 1.54) is 22.8 Å². The first-order chi connectivity index (χ1) is 16.5. The van der Waals surface area contributed by atoms with Gasteiger partial charge in [-0.1, -0.05) is 6.07 Å². The first-order valence-electron chi connectivity index (χ1n) is 11.0. The normalized spacial score (nSPS) is 11.9. The third-order valence-corrected chi connectivity index (χ3v) is 5.10. The Balaban J connectivity index is 2.06. The van der Waals surface area contributed by atoms with Gasteiger partial charge < -0.3 is 18.5 Å². The summed E-state index contributed by atoms with van der Waals surface area (Å²) in [6, 6.07) is 9.63. The maximum atomic E-state index is 13.3. The van der Waals surface area contributed by atoms with Gasteiger partial charge in [-0.15, -0.1) is 0 Å². The number of aromatic nitrogens is 3. The number of furan rings is 1. The standard InChI is InChI=1S/C24H24N4O6/c1-3-32-13-8-12-28-20-16(23(30)27-11-6-5-10-19(27)25-20)15-17(24(31)33-4-2)21(28)26-22(29)18-9-7-14-34-18/h5-7,9-11,14-15H,3-4,8,12-13H2,1-2H3. The van der Waals surface area contributed by atoms with Crippen molar-refractivity contribution in [3.63, 3.8) is 0 Å². The summed E-state index contributed by atoms with van der Waals surface area (Å²) in [7, 11) is 0. The van der Waals surface area contributed by atoms with Gasteiger partial charge >= 0.3 is 11.9 Å². The van der Waals surface area contributed by atoms with Crippen LogP contribution in [0.1, 0.15) is 41.2 Å². The second-order valence-electron chi connectivity index (χ2n) is 7.28. The van der Waals surface area contributed by atoms with Crippen molar-refractivity contribution < 1.29 is 23.5 Å². The molecular weight excluding hydrogens is 440 g/mol. The van der Waals surface area contributed by atoms with E-state index in [0.29, 0.717) is 37.5 Å². The molecule has 0 saturated carbocycles. The highest BCUT2D eigenvalue weighted by molar-refractivity contribution is 5.95. The molecule has 10 nitrogen and oxygen atoms in total. The summed E-state index contributed by atoms with van der Waals surface area (Å²) < 4.78 is 18.8. The van der Waals surface area contributed by atoms with E-state index in [4.69, 9.17) is 13.9 Å². The Morgan fingerprint density at radius 3 is 2.74 bits per heavy atom. The molecule has 10 heteroatoms. The fourth-order valence-corrected chi connectivity index (χ4v) is 3.59. The van der Waals surface area contributed by atoms with Crippen LogP contribution < -0.4 is 11.0 Å². The molecule has 0 spiro atoms. The molecule has 0 aliphatic carbocycles. The zero-order valence-electron chi connectivity index (χ0n) is 18.9. The predicted octanol–water partition coefficient (Wildman–Crippen LogP) is 2.59. The Hall–Kier alpha value is -4.05. The maximum Gasteiger partial charge on any atom is 0.341 e. The minimum Gasteiger partial charge on any atom is -0.462 e. The van der Waals surface area contributed by atoms with E-state index in [1.807, 2.05) is 6.92 Å². The molecule has 34 heavy (non-hydrogen) atoms. The highest BCUT2D eigenvalue weighted by Crippen LogP contribution is 2.13. The molecule has 0 aromatic carbocycles. The van der Waals surface area contributed by atoms with Gasteiger partial charge in [-0.05, 0) is 50.6 Å². The lowest BCUT2D eigenvalue weighted by Gasteiger charge is -2.15. The molecule has 0 aliphatic rings. The highest BCUT2D eigenvalue weighted by Gasteiger charge is 2.20. The summed E-state index contributed by atoms with van der Waals surface area (Å²) >= 11 is 0. The van der Waals surface area contributed by atoms with Crippen molar-refractivity contribution in [2.24, 2.45) is 4.99 Å². The van der Waals surface area contributed by atoms with E-state index in [2.05, 4.69) is 9.98 Å². The molecule has 0 N–H and O–H groups in total. The van der Waals surface area contributed by atoms with Crippen molar-refractivity contribution in [2.75, 3.05) is 19.8 Å². The number of aryl methyl sites for hydroxylation is 1. The smallest absolute Gasteiger partial charge is 0.341 e. The van der Waals surface area contributed by atoms with Crippen molar-refractivity contribution in [3.05, 3.63) is 76.0 Å². The number of rotatable bonds is 8. The summed E-state index contributed by atoms with van der Waals surface area (Å²) in [5, 5.41) is 0.201. The molecule has 0 aliphatic heterocycles. The number of fused-ring (bicyclic) bond motifs is 2. The lowest BCUT2D eigenvalue weighted by Crippen LogP contribution is -2.33. The zero-order valence-corrected chi connectivity index (χ0v) is 18.9. The van der Waals surface area contributed by atoms with Gasteiger partial charge in [-0.25, -0.2) is 9.78 Å². The Morgan fingerprint density at radius 2 is 2.00 bits per heavy atom. The van der Waals surface area contributed by atoms with Gasteiger partial charge in [0.15, 0.2) is 11.2 Å². The number of carbonyl (C=O) groups is 2. The van der Waals surface area contributed by atoms with E-state index in [0.717, 1.165) is 0 Å². The topological polar surface area (TPSA) is 117 Å². The summed E-state index contributed by atoms with van der Waals surface area (Å²) in [5.41, 5.74) is 0.391. The molecule has 0 atom stereocenters. The summed E-state index contributed by atoms with van der Waals surface area (Å²) in [4.78, 5) is 47.9. The van der Waals surface area contributed by atoms with Crippen LogP contribution >= 0.6 is 0 Å². The molecule has 0 saturated heterocycles. The monoisotopic (exact) mass is 464 g/mol. The molecule has 0 radical (unpaired) electrons. The van der Waals surface area contributed by atoms with Crippen LogP contribution in [0.5, 0.6) is 0 Å². The van der Waals surface area contributed by atoms with Gasteiger partial charge in [0, 0.05) is 26.0 Å². The Morgan fingerprint density at radius 1 is 1.15 bits per heavy atom. The molecule has 176 valence electrons. The van der Waals surface area contributed by atoms with Crippen LogP contribution in [0, 0.1) is 0 Å². The molecule has 4 rings (SSSR count). The third-order valence-electron chi connectivity index (χ3n) is 5.10. The number of nitrogens with zero attached hydrogens (tertiary/aromatic N) is 4. The van der Waals surface area contributed by atoms with E-state index in [-0.39, 0.29) is 34.4 Å². The van der Waals surface area contributed by atoms with Gasteiger partial charge in [-0.2, -0.15) is 4.99 Å². The Labute approximate surface area is 194 Å². The second kappa shape index (κ2) is 10.3. The van der Waals surface area contributed by atoms with Crippen LogP contribution in [0.4, 0.5) is 0 Å². The van der Waals surface area contributed by atoms with Crippen LogP contribution in [0.15, 0.2) is 63.1 Å². The van der Waals surface area contributed by atoms with Crippen LogP contribution in [-0.2, 0) is 16.0 Å². The first kappa shape index (κ1) is 23.1. The van der Waals surface area contributed by atoms with E-state index in [9.17, 15) is 14.4 Å². The molecule has 1 amide bonds. The maximum absolute atomic E-state index is 13.3. The van der Waals surface area contributed by atoms with E-state index >= 15 is 0 Å². The van der Waals surface area contributed by atoms with Gasteiger partial charge in [0.05, 0.1) is 18.3 Å². The van der Waals surface area contributed by atoms with Crippen molar-refractivity contribution in [1.29, 1.82) is 0 Å². The van der Waals surface area contributed by atoms with Gasteiger partial charge in [-0.3, -0.25) is 14.0 Å². The zero-order chi connectivity index (χ0) is 24.1. The molecule has 4 aromatic rings. The quantitative estimate of drug-likeness (QED) is 0.223. The molecule has 4 aromatic heterocycles. The number of carbonyl (C=O) groups excluding carboxylic acids is 2. The second-order valence-corrected chi connectivity index (χ2v) is 7.28. The largest absolute Gasteiger partial charge is 0.462 e. The first-order valence-corrected chi connectivity index (χ1v) is 11.0. The van der Waals surface area contributed by atoms with Crippen molar-refractivity contribution in [3.8, 4) is 0 Å². The molecule has 0 bridgehead atoms. The number of hydrogen-bond donors (Lipinski definition) is 0. The SMILES string of the molecule is CCOCCCn1c(=NC(=O)c2ccco2)c(C(=O)OCC)cc2c(=O)n3ccccc3nc21. The number of ether oxygens (including phenoxy) is 2. The number of amides is 1. The Kier molecular flexibility index (Phi) is 6.98. The molecule has 0 fully saturated rings. The minimum atomic E-state index is -0.702. The van der Waals surface area contributed by atoms with Crippen molar-refractivity contribution in [1.82, 2.24) is 14.0 Å². The van der Waals surface area contributed by atoms with Crippen molar-refractivity contribution >= 4 is 28.6 Å². The average molecular weight is 464 g/mol. The lowest BCUT2D eigenvalue weighted by atomic mass is 10.2. The number of pyridine rings is 2. The van der Waals surface area contributed by atoms with Crippen LogP contribution in [-0.4, -0.2) is 45.6 Å². The molecule has 0 unspecified atom stereocenters. The molecular formula is C24H24N4O6. The summed E-state index contributed by atoms with van der Waals surface area (Å²) in [6.07, 6.45) is 3.50. The predicted molar refractivity (Wildman–Crippen MR) is 123 cm³/mol. The van der Waals surface area contributed by atoms with Crippen LogP contribution in [0.25, 0.3) is 16.7 Å². The lowest BCUT2D eigenvalue weighted by molar-refractivity contribution is 0.0523. The van der Waals surface area contributed by atoms with E-state index in [1.54, 1.807) is 42.0 Å². The highest BCUT2D eigenvalue weighted by atomic mass is 16.5. The number of hydrogen-bond acceptors (Lipinski definition) is 7. The fraction of sp³-hybridized carbons (Fsp3) is 0.292. The number of esters is 1. The van der Waals surface area contributed by atoms with Gasteiger partial charge in [0.1, 0.15) is 16.9 Å².